The zero-order valence-electron chi connectivity index (χ0n) is 11.8. The number of benzene rings is 2. The summed E-state index contributed by atoms with van der Waals surface area (Å²) in [5.41, 5.74) is 4.41. The van der Waals surface area contributed by atoms with Gasteiger partial charge < -0.3 is 10.2 Å². The highest BCUT2D eigenvalue weighted by Crippen LogP contribution is 2.35. The predicted molar refractivity (Wildman–Crippen MR) is 82.6 cm³/mol. The Kier molecular flexibility index (Phi) is 3.33. The molecule has 4 heteroatoms. The first kappa shape index (κ1) is 13.2. The summed E-state index contributed by atoms with van der Waals surface area (Å²) in [6.45, 7) is 2.63. The highest BCUT2D eigenvalue weighted by molar-refractivity contribution is 5.97. The summed E-state index contributed by atoms with van der Waals surface area (Å²) in [6.07, 6.45) is 0.421. The molecule has 3 rings (SSSR count). The van der Waals surface area contributed by atoms with Crippen molar-refractivity contribution in [2.45, 2.75) is 13.3 Å². The summed E-state index contributed by atoms with van der Waals surface area (Å²) in [5, 5.41) is 12.0. The molecule has 2 aromatic rings. The maximum atomic E-state index is 11.8. The molecule has 0 aromatic heterocycles. The van der Waals surface area contributed by atoms with Crippen LogP contribution in [0.2, 0.25) is 0 Å². The molecule has 2 aromatic carbocycles. The molecule has 1 heterocycles. The van der Waals surface area contributed by atoms with Gasteiger partial charge in [0, 0.05) is 18.7 Å². The van der Waals surface area contributed by atoms with Crippen molar-refractivity contribution in [3.05, 3.63) is 53.6 Å². The Hall–Kier alpha value is -2.80. The van der Waals surface area contributed by atoms with E-state index in [0.29, 0.717) is 18.5 Å². The molecule has 0 unspecified atom stereocenters. The van der Waals surface area contributed by atoms with Crippen molar-refractivity contribution in [1.29, 1.82) is 5.26 Å². The molecule has 0 radical (unpaired) electrons. The van der Waals surface area contributed by atoms with E-state index in [1.807, 2.05) is 37.3 Å². The third-order valence-electron chi connectivity index (χ3n) is 3.60. The molecule has 0 aliphatic carbocycles. The van der Waals surface area contributed by atoms with Gasteiger partial charge in [-0.3, -0.25) is 4.79 Å². The molecule has 4 nitrogen and oxygen atoms in total. The smallest absolute Gasteiger partial charge is 0.226 e. The number of fused-ring (bicyclic) bond motifs is 1. The molecule has 0 saturated heterocycles. The summed E-state index contributed by atoms with van der Waals surface area (Å²) in [5.74, 6) is -0.00410. The lowest BCUT2D eigenvalue weighted by Crippen LogP contribution is -2.19. The maximum absolute atomic E-state index is 11.8. The normalized spacial score (nSPS) is 13.9. The number of carbonyl (C=O) groups excluding carboxylic acids is 1. The van der Waals surface area contributed by atoms with Gasteiger partial charge in [0.2, 0.25) is 5.91 Å². The van der Waals surface area contributed by atoms with Crippen LogP contribution in [0, 0.1) is 18.3 Å². The number of carbonyl (C=O) groups is 1. The van der Waals surface area contributed by atoms with Crippen molar-refractivity contribution in [1.82, 2.24) is 0 Å². The van der Waals surface area contributed by atoms with Crippen LogP contribution < -0.4 is 10.2 Å². The highest BCUT2D eigenvalue weighted by Gasteiger charge is 2.20. The number of hydrogen-bond donors (Lipinski definition) is 1. The zero-order chi connectivity index (χ0) is 14.8. The van der Waals surface area contributed by atoms with E-state index in [-0.39, 0.29) is 5.91 Å². The largest absolute Gasteiger partial charge is 0.339 e. The fourth-order valence-electron chi connectivity index (χ4n) is 2.47. The molecule has 1 aliphatic rings. The third-order valence-corrected chi connectivity index (χ3v) is 3.60. The van der Waals surface area contributed by atoms with E-state index in [9.17, 15) is 4.79 Å². The van der Waals surface area contributed by atoms with Gasteiger partial charge in [-0.25, -0.2) is 0 Å². The number of nitrogens with zero attached hydrogens (tertiary/aromatic N) is 2. The van der Waals surface area contributed by atoms with Gasteiger partial charge in [-0.05, 0) is 37.3 Å². The van der Waals surface area contributed by atoms with Crippen LogP contribution in [0.3, 0.4) is 0 Å². The first-order valence-electron chi connectivity index (χ1n) is 6.85. The molecule has 1 aliphatic heterocycles. The van der Waals surface area contributed by atoms with Crippen LogP contribution >= 0.6 is 0 Å². The molecule has 0 atom stereocenters. The number of hydrogen-bond acceptors (Lipinski definition) is 3. The first-order chi connectivity index (χ1) is 10.2. The predicted octanol–water partition coefficient (Wildman–Crippen LogP) is 3.35. The Morgan fingerprint density at radius 2 is 1.95 bits per heavy atom. The minimum absolute atomic E-state index is 0.00410. The van der Waals surface area contributed by atoms with Crippen molar-refractivity contribution < 1.29 is 4.79 Å². The van der Waals surface area contributed by atoms with Gasteiger partial charge >= 0.3 is 0 Å². The van der Waals surface area contributed by atoms with E-state index < -0.39 is 0 Å². The molecular weight excluding hydrogens is 262 g/mol. The van der Waals surface area contributed by atoms with Crippen molar-refractivity contribution in [3.63, 3.8) is 0 Å². The van der Waals surface area contributed by atoms with E-state index in [2.05, 4.69) is 16.3 Å². The number of aryl methyl sites for hydroxylation is 1. The summed E-state index contributed by atoms with van der Waals surface area (Å²) in [7, 11) is 0. The average molecular weight is 277 g/mol. The third kappa shape index (κ3) is 2.59. The Bertz CT molecular complexity index is 729. The van der Waals surface area contributed by atoms with Gasteiger partial charge in [0.25, 0.3) is 0 Å². The average Bonchev–Trinajstić information content (AvgIpc) is 2.66. The number of rotatable bonds is 1. The van der Waals surface area contributed by atoms with Gasteiger partial charge in [-0.1, -0.05) is 17.7 Å². The number of amides is 1. The van der Waals surface area contributed by atoms with Crippen molar-refractivity contribution in [2.24, 2.45) is 0 Å². The molecular formula is C17H15N3O. The van der Waals surface area contributed by atoms with E-state index in [0.717, 1.165) is 17.1 Å². The highest BCUT2D eigenvalue weighted by atomic mass is 16.1. The molecule has 0 bridgehead atoms. The molecule has 0 saturated carbocycles. The fraction of sp³-hybridized carbons (Fsp3) is 0.176. The van der Waals surface area contributed by atoms with Crippen LogP contribution in [-0.2, 0) is 4.79 Å². The van der Waals surface area contributed by atoms with Crippen molar-refractivity contribution in [3.8, 4) is 6.07 Å². The quantitative estimate of drug-likeness (QED) is 0.869. The number of nitrogens with one attached hydrogen (secondary N) is 1. The van der Waals surface area contributed by atoms with Crippen LogP contribution in [0.1, 0.15) is 17.5 Å². The van der Waals surface area contributed by atoms with Crippen molar-refractivity contribution in [2.75, 3.05) is 16.8 Å². The van der Waals surface area contributed by atoms with Gasteiger partial charge in [0.15, 0.2) is 0 Å². The van der Waals surface area contributed by atoms with Gasteiger partial charge in [-0.2, -0.15) is 5.26 Å². The van der Waals surface area contributed by atoms with E-state index in [1.165, 1.54) is 5.56 Å². The Morgan fingerprint density at radius 1 is 1.19 bits per heavy atom. The van der Waals surface area contributed by atoms with Crippen LogP contribution in [0.15, 0.2) is 42.5 Å². The minimum atomic E-state index is -0.00410. The second kappa shape index (κ2) is 5.29. The first-order valence-corrected chi connectivity index (χ1v) is 6.85. The summed E-state index contributed by atoms with van der Waals surface area (Å²) in [6, 6.07) is 15.6. The van der Waals surface area contributed by atoms with Gasteiger partial charge in [0.05, 0.1) is 23.0 Å². The monoisotopic (exact) mass is 277 g/mol. The summed E-state index contributed by atoms with van der Waals surface area (Å²) >= 11 is 0. The molecule has 0 fully saturated rings. The van der Waals surface area contributed by atoms with E-state index in [4.69, 9.17) is 5.26 Å². The number of nitriles is 1. The molecule has 1 N–H and O–H groups in total. The SMILES string of the molecule is Cc1ccc(N2CCC(=O)Nc3ccc(C#N)cc32)cc1. The summed E-state index contributed by atoms with van der Waals surface area (Å²) in [4.78, 5) is 13.9. The fourth-order valence-corrected chi connectivity index (χ4v) is 2.47. The second-order valence-corrected chi connectivity index (χ2v) is 5.13. The second-order valence-electron chi connectivity index (χ2n) is 5.13. The Morgan fingerprint density at radius 3 is 2.67 bits per heavy atom. The molecule has 0 spiro atoms. The van der Waals surface area contributed by atoms with E-state index >= 15 is 0 Å². The van der Waals surface area contributed by atoms with Crippen LogP contribution in [0.4, 0.5) is 17.1 Å². The minimum Gasteiger partial charge on any atom is -0.339 e. The van der Waals surface area contributed by atoms with Gasteiger partial charge in [-0.15, -0.1) is 0 Å². The lowest BCUT2D eigenvalue weighted by atomic mass is 10.1. The van der Waals surface area contributed by atoms with Crippen LogP contribution in [-0.4, -0.2) is 12.5 Å². The maximum Gasteiger partial charge on any atom is 0.226 e. The molecule has 21 heavy (non-hydrogen) atoms. The van der Waals surface area contributed by atoms with Gasteiger partial charge in [0.1, 0.15) is 0 Å². The number of anilines is 3. The lowest BCUT2D eigenvalue weighted by Gasteiger charge is -2.24. The summed E-state index contributed by atoms with van der Waals surface area (Å²) < 4.78 is 0. The van der Waals surface area contributed by atoms with E-state index in [1.54, 1.807) is 12.1 Å². The zero-order valence-corrected chi connectivity index (χ0v) is 11.8. The van der Waals surface area contributed by atoms with Crippen LogP contribution in [0.5, 0.6) is 0 Å². The Balaban J connectivity index is 2.11. The lowest BCUT2D eigenvalue weighted by molar-refractivity contribution is -0.115. The molecule has 104 valence electrons. The topological polar surface area (TPSA) is 56.1 Å². The van der Waals surface area contributed by atoms with Crippen molar-refractivity contribution >= 4 is 23.0 Å². The molecule has 1 amide bonds. The Labute approximate surface area is 123 Å². The van der Waals surface area contributed by atoms with Crippen LogP contribution in [0.25, 0.3) is 0 Å². The standard InChI is InChI=1S/C17H15N3O/c1-12-2-5-14(6-3-12)20-9-8-17(21)19-15-7-4-13(11-18)10-16(15)20/h2-7,10H,8-9H2,1H3,(H,19,21).